The normalized spacial score (nSPS) is 13.5. The topological polar surface area (TPSA) is 81.7 Å². The van der Waals surface area contributed by atoms with Crippen molar-refractivity contribution in [1.82, 2.24) is 4.90 Å². The Hall–Kier alpha value is -3.71. The molecule has 1 amide bonds. The average Bonchev–Trinajstić information content (AvgIpc) is 3.11. The van der Waals surface area contributed by atoms with Crippen LogP contribution in [0, 0.1) is 12.8 Å². The molecule has 1 aliphatic rings. The van der Waals surface area contributed by atoms with Gasteiger partial charge in [-0.25, -0.2) is 4.79 Å². The van der Waals surface area contributed by atoms with E-state index in [0.29, 0.717) is 17.2 Å². The van der Waals surface area contributed by atoms with E-state index in [4.69, 9.17) is 12.2 Å². The van der Waals surface area contributed by atoms with Crippen LogP contribution in [-0.2, 0) is 11.3 Å². The zero-order valence-corrected chi connectivity index (χ0v) is 20.1. The van der Waals surface area contributed by atoms with E-state index < -0.39 is 12.0 Å². The number of carbonyl (C=O) groups is 2. The van der Waals surface area contributed by atoms with E-state index in [1.165, 1.54) is 4.90 Å². The molecule has 1 aliphatic heterocycles. The Labute approximate surface area is 204 Å². The van der Waals surface area contributed by atoms with Crippen LogP contribution in [0.15, 0.2) is 66.7 Å². The molecule has 3 aromatic carbocycles. The maximum atomic E-state index is 13.0. The van der Waals surface area contributed by atoms with Gasteiger partial charge in [0.15, 0.2) is 5.11 Å². The summed E-state index contributed by atoms with van der Waals surface area (Å²) in [7, 11) is 0. The van der Waals surface area contributed by atoms with Crippen molar-refractivity contribution in [3.05, 3.63) is 83.4 Å². The molecule has 6 nitrogen and oxygen atoms in total. The van der Waals surface area contributed by atoms with Gasteiger partial charge in [-0.3, -0.25) is 4.79 Å². The monoisotopic (exact) mass is 473 g/mol. The molecule has 0 saturated heterocycles. The van der Waals surface area contributed by atoms with Crippen molar-refractivity contribution in [2.45, 2.75) is 33.4 Å². The highest BCUT2D eigenvalue weighted by Gasteiger charge is 2.38. The molecule has 0 bridgehead atoms. The van der Waals surface area contributed by atoms with Crippen molar-refractivity contribution in [2.75, 3.05) is 10.6 Å². The fourth-order valence-corrected chi connectivity index (χ4v) is 4.48. The van der Waals surface area contributed by atoms with Crippen LogP contribution in [0.4, 0.5) is 11.4 Å². The number of fused-ring (bicyclic) bond motifs is 1. The second-order valence-electron chi connectivity index (χ2n) is 8.80. The Kier molecular flexibility index (Phi) is 6.65. The van der Waals surface area contributed by atoms with Crippen molar-refractivity contribution in [2.24, 2.45) is 5.92 Å². The predicted molar refractivity (Wildman–Crippen MR) is 139 cm³/mol. The van der Waals surface area contributed by atoms with Crippen LogP contribution < -0.4 is 10.6 Å². The van der Waals surface area contributed by atoms with Gasteiger partial charge in [-0.1, -0.05) is 56.3 Å². The lowest BCUT2D eigenvalue weighted by molar-refractivity contribution is -0.144. The van der Waals surface area contributed by atoms with Crippen LogP contribution in [-0.4, -0.2) is 33.0 Å². The molecule has 0 saturated carbocycles. The van der Waals surface area contributed by atoms with Crippen LogP contribution in [0.25, 0.3) is 11.1 Å². The van der Waals surface area contributed by atoms with E-state index in [9.17, 15) is 14.7 Å². The Morgan fingerprint density at radius 2 is 1.68 bits per heavy atom. The summed E-state index contributed by atoms with van der Waals surface area (Å²) in [6, 6.07) is 20.6. The molecule has 3 N–H and O–H groups in total. The first-order valence-corrected chi connectivity index (χ1v) is 11.6. The predicted octanol–water partition coefficient (Wildman–Crippen LogP) is 5.54. The van der Waals surface area contributed by atoms with Crippen LogP contribution in [0.3, 0.4) is 0 Å². The summed E-state index contributed by atoms with van der Waals surface area (Å²) < 4.78 is 0. The number of hydrogen-bond donors (Lipinski definition) is 3. The molecule has 7 heteroatoms. The smallest absolute Gasteiger partial charge is 0.326 e. The molecule has 0 fully saturated rings. The molecular weight excluding hydrogens is 446 g/mol. The van der Waals surface area contributed by atoms with Crippen LogP contribution in [0.5, 0.6) is 0 Å². The van der Waals surface area contributed by atoms with E-state index in [0.717, 1.165) is 33.6 Å². The first kappa shape index (κ1) is 23.4. The van der Waals surface area contributed by atoms with Crippen LogP contribution in [0.2, 0.25) is 0 Å². The number of thiocarbonyl (C=S) groups is 1. The van der Waals surface area contributed by atoms with Gasteiger partial charge >= 0.3 is 5.97 Å². The molecule has 0 aromatic heterocycles. The zero-order valence-electron chi connectivity index (χ0n) is 19.3. The first-order valence-electron chi connectivity index (χ1n) is 11.2. The van der Waals surface area contributed by atoms with Crippen molar-refractivity contribution in [3.63, 3.8) is 0 Å². The molecule has 0 spiro atoms. The summed E-state index contributed by atoms with van der Waals surface area (Å²) in [4.78, 5) is 26.2. The standard InChI is InChI=1S/C27H27N3O3S/c1-16(2)24(26(32)33)30-15-20-9-8-19(14-22(20)25(30)31)18-10-12-21(13-11-18)28-27(34)29-23-7-5-4-6-17(23)3/h4-14,16,24H,15H2,1-3H3,(H,32,33)(H2,28,29,34). The van der Waals surface area contributed by atoms with Gasteiger partial charge in [0.2, 0.25) is 0 Å². The summed E-state index contributed by atoms with van der Waals surface area (Å²) in [5.41, 5.74) is 6.18. The number of carbonyl (C=O) groups excluding carboxylic acids is 1. The molecule has 1 atom stereocenters. The first-order chi connectivity index (χ1) is 16.2. The van der Waals surface area contributed by atoms with Gasteiger partial charge in [0, 0.05) is 23.5 Å². The lowest BCUT2D eigenvalue weighted by atomic mass is 10.00. The SMILES string of the molecule is Cc1ccccc1NC(=S)Nc1ccc(-c2ccc3c(c2)C(=O)N(C(C(=O)O)C(C)C)C3)cc1. The minimum Gasteiger partial charge on any atom is -0.480 e. The van der Waals surface area contributed by atoms with Crippen molar-refractivity contribution in [3.8, 4) is 11.1 Å². The van der Waals surface area contributed by atoms with Gasteiger partial charge in [0.05, 0.1) is 0 Å². The molecule has 0 radical (unpaired) electrons. The largest absolute Gasteiger partial charge is 0.480 e. The van der Waals surface area contributed by atoms with Gasteiger partial charge in [-0.05, 0) is 71.6 Å². The van der Waals surface area contributed by atoms with Gasteiger partial charge in [0.25, 0.3) is 5.91 Å². The number of carboxylic acid groups (broad SMARTS) is 1. The molecule has 4 rings (SSSR count). The third-order valence-corrected chi connectivity index (χ3v) is 6.24. The Balaban J connectivity index is 1.47. The molecular formula is C27H27N3O3S. The van der Waals surface area contributed by atoms with Crippen molar-refractivity contribution < 1.29 is 14.7 Å². The van der Waals surface area contributed by atoms with Gasteiger partial charge in [0.1, 0.15) is 6.04 Å². The van der Waals surface area contributed by atoms with Crippen LogP contribution >= 0.6 is 12.2 Å². The number of benzene rings is 3. The summed E-state index contributed by atoms with van der Waals surface area (Å²) in [6.45, 7) is 5.97. The van der Waals surface area contributed by atoms with Gasteiger partial charge in [-0.2, -0.15) is 0 Å². The van der Waals surface area contributed by atoms with Crippen molar-refractivity contribution in [1.29, 1.82) is 0 Å². The Morgan fingerprint density at radius 3 is 2.32 bits per heavy atom. The van der Waals surface area contributed by atoms with E-state index in [1.807, 2.05) is 87.5 Å². The summed E-state index contributed by atoms with van der Waals surface area (Å²) in [5.74, 6) is -1.39. The number of nitrogens with zero attached hydrogens (tertiary/aromatic N) is 1. The lowest BCUT2D eigenvalue weighted by Gasteiger charge is -2.27. The third-order valence-electron chi connectivity index (χ3n) is 6.03. The van der Waals surface area contributed by atoms with Crippen LogP contribution in [0.1, 0.15) is 35.3 Å². The fourth-order valence-electron chi connectivity index (χ4n) is 4.25. The number of amides is 1. The number of para-hydroxylation sites is 1. The molecule has 3 aromatic rings. The zero-order chi connectivity index (χ0) is 24.4. The number of nitrogens with one attached hydrogen (secondary N) is 2. The van der Waals surface area contributed by atoms with E-state index >= 15 is 0 Å². The molecule has 34 heavy (non-hydrogen) atoms. The Morgan fingerprint density at radius 1 is 1.00 bits per heavy atom. The summed E-state index contributed by atoms with van der Waals surface area (Å²) >= 11 is 5.43. The Bertz CT molecular complexity index is 1250. The number of hydrogen-bond acceptors (Lipinski definition) is 3. The number of aliphatic carboxylic acids is 1. The van der Waals surface area contributed by atoms with E-state index in [-0.39, 0.29) is 11.8 Å². The second kappa shape index (κ2) is 9.65. The fraction of sp³-hybridized carbons (Fsp3) is 0.222. The van der Waals surface area contributed by atoms with E-state index in [1.54, 1.807) is 0 Å². The van der Waals surface area contributed by atoms with Crippen molar-refractivity contribution >= 4 is 40.6 Å². The van der Waals surface area contributed by atoms with Gasteiger partial charge < -0.3 is 20.6 Å². The molecule has 0 aliphatic carbocycles. The quantitative estimate of drug-likeness (QED) is 0.408. The molecule has 1 heterocycles. The molecule has 1 unspecified atom stereocenters. The van der Waals surface area contributed by atoms with E-state index in [2.05, 4.69) is 10.6 Å². The molecule has 174 valence electrons. The van der Waals surface area contributed by atoms with Gasteiger partial charge in [-0.15, -0.1) is 0 Å². The number of rotatable bonds is 6. The summed E-state index contributed by atoms with van der Waals surface area (Å²) in [5, 5.41) is 16.5. The third kappa shape index (κ3) is 4.79. The maximum Gasteiger partial charge on any atom is 0.326 e. The summed E-state index contributed by atoms with van der Waals surface area (Å²) in [6.07, 6.45) is 0. The highest BCUT2D eigenvalue weighted by molar-refractivity contribution is 7.80. The highest BCUT2D eigenvalue weighted by atomic mass is 32.1. The lowest BCUT2D eigenvalue weighted by Crippen LogP contribution is -2.44. The minimum atomic E-state index is -0.978. The average molecular weight is 474 g/mol. The second-order valence-corrected chi connectivity index (χ2v) is 9.21. The highest BCUT2D eigenvalue weighted by Crippen LogP contribution is 2.31. The number of carboxylic acids is 1. The minimum absolute atomic E-state index is 0.179. The maximum absolute atomic E-state index is 13.0. The number of aryl methyl sites for hydroxylation is 1. The number of anilines is 2.